The van der Waals surface area contributed by atoms with Crippen LogP contribution < -0.4 is 4.90 Å². The van der Waals surface area contributed by atoms with Crippen LogP contribution >= 0.6 is 22.7 Å². The first-order valence-corrected chi connectivity index (χ1v) is 21.8. The standard InChI is InChI=1S/C54H41NS2/c1-5-15-37(16-6-1)44-21-13-23-49-52(44)46-31-29-43(36-51(46)57-49)55(41-27-25-40(26-28-41)54(33-11-4-12-34-54)39-19-9-3-10-20-39)42-30-32-48-47(35-42)53-45(22-14-24-50(53)56-48)38-17-7-2-8-18-38/h1-3,5-10,13-32,35-36H,4,11-12,33-34H2. The van der Waals surface area contributed by atoms with Gasteiger partial charge in [0, 0.05) is 62.8 Å². The smallest absolute Gasteiger partial charge is 0.0476 e. The molecule has 0 atom stereocenters. The van der Waals surface area contributed by atoms with Crippen molar-refractivity contribution >= 4 is 80.1 Å². The minimum atomic E-state index is 0.0532. The Labute approximate surface area is 342 Å². The van der Waals surface area contributed by atoms with E-state index in [4.69, 9.17) is 0 Å². The lowest BCUT2D eigenvalue weighted by atomic mass is 9.65. The molecule has 1 nitrogen and oxygen atoms in total. The van der Waals surface area contributed by atoms with Gasteiger partial charge in [0.15, 0.2) is 0 Å². The normalized spacial score (nSPS) is 14.1. The van der Waals surface area contributed by atoms with Gasteiger partial charge < -0.3 is 4.90 Å². The Hall–Kier alpha value is -6.00. The van der Waals surface area contributed by atoms with E-state index in [-0.39, 0.29) is 5.41 Å². The van der Waals surface area contributed by atoms with Crippen molar-refractivity contribution in [2.75, 3.05) is 4.90 Å². The van der Waals surface area contributed by atoms with E-state index in [1.54, 1.807) is 0 Å². The molecule has 0 aliphatic heterocycles. The second-order valence-electron chi connectivity index (χ2n) is 15.5. The van der Waals surface area contributed by atoms with Crippen molar-refractivity contribution in [1.29, 1.82) is 0 Å². The van der Waals surface area contributed by atoms with E-state index in [9.17, 15) is 0 Å². The molecule has 0 N–H and O–H groups in total. The molecule has 11 rings (SSSR count). The molecule has 2 aromatic heterocycles. The summed E-state index contributed by atoms with van der Waals surface area (Å²) in [6.45, 7) is 0. The fraction of sp³-hybridized carbons (Fsp3) is 0.111. The highest BCUT2D eigenvalue weighted by atomic mass is 32.1. The van der Waals surface area contributed by atoms with E-state index in [1.807, 2.05) is 22.7 Å². The number of anilines is 3. The number of hydrogen-bond acceptors (Lipinski definition) is 3. The van der Waals surface area contributed by atoms with E-state index in [0.29, 0.717) is 0 Å². The first kappa shape index (κ1) is 34.3. The summed E-state index contributed by atoms with van der Waals surface area (Å²) in [5.41, 5.74) is 11.5. The largest absolute Gasteiger partial charge is 0.310 e. The van der Waals surface area contributed by atoms with Gasteiger partial charge in [0.1, 0.15) is 0 Å². The van der Waals surface area contributed by atoms with Crippen molar-refractivity contribution in [2.24, 2.45) is 0 Å². The molecule has 10 aromatic rings. The van der Waals surface area contributed by atoms with Crippen LogP contribution in [0.25, 0.3) is 62.6 Å². The highest BCUT2D eigenvalue weighted by Gasteiger charge is 2.35. The fourth-order valence-electron chi connectivity index (χ4n) is 9.66. The van der Waals surface area contributed by atoms with Gasteiger partial charge in [-0.05, 0) is 101 Å². The van der Waals surface area contributed by atoms with Crippen molar-refractivity contribution in [3.05, 3.63) is 199 Å². The Bertz CT molecular complexity index is 3030. The van der Waals surface area contributed by atoms with Crippen molar-refractivity contribution in [3.8, 4) is 22.3 Å². The molecule has 57 heavy (non-hydrogen) atoms. The maximum atomic E-state index is 2.48. The van der Waals surface area contributed by atoms with E-state index in [1.165, 1.54) is 123 Å². The quantitative estimate of drug-likeness (QED) is 0.156. The van der Waals surface area contributed by atoms with Gasteiger partial charge in [-0.2, -0.15) is 0 Å². The maximum Gasteiger partial charge on any atom is 0.0476 e. The Kier molecular flexibility index (Phi) is 8.53. The third-order valence-electron chi connectivity index (χ3n) is 12.4. The minimum absolute atomic E-state index is 0.0532. The molecule has 1 aliphatic rings. The van der Waals surface area contributed by atoms with Crippen LogP contribution in [-0.2, 0) is 5.41 Å². The monoisotopic (exact) mass is 767 g/mol. The first-order chi connectivity index (χ1) is 28.2. The molecule has 1 fully saturated rings. The zero-order chi connectivity index (χ0) is 37.8. The molecule has 0 amide bonds. The van der Waals surface area contributed by atoms with Crippen LogP contribution in [0, 0.1) is 0 Å². The maximum absolute atomic E-state index is 2.48. The van der Waals surface area contributed by atoms with Gasteiger partial charge >= 0.3 is 0 Å². The topological polar surface area (TPSA) is 3.24 Å². The van der Waals surface area contributed by atoms with Gasteiger partial charge in [-0.15, -0.1) is 22.7 Å². The zero-order valence-electron chi connectivity index (χ0n) is 31.7. The van der Waals surface area contributed by atoms with Crippen LogP contribution in [-0.4, -0.2) is 0 Å². The van der Waals surface area contributed by atoms with E-state index >= 15 is 0 Å². The van der Waals surface area contributed by atoms with Crippen LogP contribution in [0.15, 0.2) is 188 Å². The lowest BCUT2D eigenvalue weighted by molar-refractivity contribution is 0.346. The molecule has 0 spiro atoms. The number of fused-ring (bicyclic) bond motifs is 6. The van der Waals surface area contributed by atoms with Gasteiger partial charge in [0.05, 0.1) is 0 Å². The summed E-state index contributed by atoms with van der Waals surface area (Å²) in [4.78, 5) is 2.48. The summed E-state index contributed by atoms with van der Waals surface area (Å²) in [6, 6.07) is 70.2. The molecule has 0 saturated heterocycles. The molecule has 2 heterocycles. The Morgan fingerprint density at radius 1 is 0.368 bits per heavy atom. The summed E-state index contributed by atoms with van der Waals surface area (Å²) >= 11 is 3.78. The minimum Gasteiger partial charge on any atom is -0.310 e. The summed E-state index contributed by atoms with van der Waals surface area (Å²) < 4.78 is 5.24. The predicted octanol–water partition coefficient (Wildman–Crippen LogP) is 16.5. The second kappa shape index (κ2) is 14.2. The van der Waals surface area contributed by atoms with Gasteiger partial charge in [0.2, 0.25) is 0 Å². The predicted molar refractivity (Wildman–Crippen MR) is 248 cm³/mol. The zero-order valence-corrected chi connectivity index (χ0v) is 33.3. The molecule has 274 valence electrons. The van der Waals surface area contributed by atoms with E-state index in [2.05, 4.69) is 193 Å². The van der Waals surface area contributed by atoms with E-state index < -0.39 is 0 Å². The lowest BCUT2D eigenvalue weighted by Gasteiger charge is -2.39. The third kappa shape index (κ3) is 5.88. The molecule has 1 aliphatic carbocycles. The van der Waals surface area contributed by atoms with Crippen LogP contribution in [0.3, 0.4) is 0 Å². The number of nitrogens with zero attached hydrogens (tertiary/aromatic N) is 1. The molecule has 0 bridgehead atoms. The van der Waals surface area contributed by atoms with Crippen molar-refractivity contribution in [1.82, 2.24) is 0 Å². The van der Waals surface area contributed by atoms with Gasteiger partial charge in [0.25, 0.3) is 0 Å². The van der Waals surface area contributed by atoms with Crippen LogP contribution in [0.4, 0.5) is 17.1 Å². The molecule has 8 aromatic carbocycles. The summed E-state index contributed by atoms with van der Waals surface area (Å²) in [5, 5.41) is 5.28. The molecule has 0 unspecified atom stereocenters. The van der Waals surface area contributed by atoms with Crippen LogP contribution in [0.1, 0.15) is 43.2 Å². The lowest BCUT2D eigenvalue weighted by Crippen LogP contribution is -2.30. The van der Waals surface area contributed by atoms with Gasteiger partial charge in [-0.25, -0.2) is 0 Å². The number of hydrogen-bond donors (Lipinski definition) is 0. The van der Waals surface area contributed by atoms with Gasteiger partial charge in [-0.3, -0.25) is 0 Å². The number of thiophene rings is 2. The Morgan fingerprint density at radius 3 is 1.54 bits per heavy atom. The van der Waals surface area contributed by atoms with Crippen molar-refractivity contribution < 1.29 is 0 Å². The van der Waals surface area contributed by atoms with Crippen molar-refractivity contribution in [2.45, 2.75) is 37.5 Å². The first-order valence-electron chi connectivity index (χ1n) is 20.2. The third-order valence-corrected chi connectivity index (χ3v) is 14.6. The fourth-order valence-corrected chi connectivity index (χ4v) is 11.9. The summed E-state index contributed by atoms with van der Waals surface area (Å²) in [5.74, 6) is 0. The average Bonchev–Trinajstić information content (AvgIpc) is 3.86. The molecule has 3 heteroatoms. The molecule has 1 saturated carbocycles. The molecular formula is C54H41NS2. The Balaban J connectivity index is 1.10. The summed E-state index contributed by atoms with van der Waals surface area (Å²) in [7, 11) is 0. The van der Waals surface area contributed by atoms with Crippen molar-refractivity contribution in [3.63, 3.8) is 0 Å². The van der Waals surface area contributed by atoms with Crippen LogP contribution in [0.2, 0.25) is 0 Å². The number of benzene rings is 8. The average molecular weight is 768 g/mol. The van der Waals surface area contributed by atoms with Gasteiger partial charge in [-0.1, -0.05) is 153 Å². The molecule has 0 radical (unpaired) electrons. The summed E-state index contributed by atoms with van der Waals surface area (Å²) in [6.07, 6.45) is 6.24. The van der Waals surface area contributed by atoms with Crippen LogP contribution in [0.5, 0.6) is 0 Å². The highest BCUT2D eigenvalue weighted by molar-refractivity contribution is 7.26. The SMILES string of the molecule is c1ccc(-c2cccc3sc4cc(N(c5ccc(C6(c7ccccc7)CCCCC6)cc5)c5ccc6sc7cccc(-c8ccccc8)c7c6c5)ccc4c23)cc1. The second-order valence-corrected chi connectivity index (χ2v) is 17.7. The van der Waals surface area contributed by atoms with E-state index in [0.717, 1.165) is 0 Å². The molecular weight excluding hydrogens is 727 g/mol. The highest BCUT2D eigenvalue weighted by Crippen LogP contribution is 2.48. The Morgan fingerprint density at radius 2 is 0.895 bits per heavy atom. The number of rotatable bonds is 7.